The normalized spacial score (nSPS) is 16.7. The Bertz CT molecular complexity index is 1920. The molecule has 6 aromatic rings. The Balaban J connectivity index is 1.64. The third-order valence-electron chi connectivity index (χ3n) is 8.81. The predicted molar refractivity (Wildman–Crippen MR) is 142 cm³/mol. The number of aromatic hydroxyl groups is 2. The van der Waals surface area contributed by atoms with Crippen LogP contribution in [0.3, 0.4) is 0 Å². The van der Waals surface area contributed by atoms with Gasteiger partial charge in [-0.1, -0.05) is 58.0 Å². The predicted octanol–water partition coefficient (Wildman–Crippen LogP) is 7.71. The maximum absolute atomic E-state index is 11.2. The molecule has 170 valence electrons. The Hall–Kier alpha value is -3.98. The maximum Gasteiger partial charge on any atom is 0.125 e. The lowest BCUT2D eigenvalue weighted by molar-refractivity contribution is 0.476. The molecule has 0 saturated carbocycles. The largest absolute Gasteiger partial charge is 0.508 e. The van der Waals surface area contributed by atoms with E-state index in [9.17, 15) is 10.2 Å². The van der Waals surface area contributed by atoms with Crippen molar-refractivity contribution in [2.45, 2.75) is 38.5 Å². The van der Waals surface area contributed by atoms with E-state index in [1.54, 1.807) is 6.07 Å². The molecule has 2 aliphatic rings. The van der Waals surface area contributed by atoms with E-state index in [0.717, 1.165) is 21.7 Å². The van der Waals surface area contributed by atoms with E-state index in [4.69, 9.17) is 0 Å². The van der Waals surface area contributed by atoms with E-state index < -0.39 is 0 Å². The first-order valence-corrected chi connectivity index (χ1v) is 12.2. The molecule has 8 rings (SSSR count). The summed E-state index contributed by atoms with van der Waals surface area (Å²) in [5, 5.41) is 25.8. The average molecular weight is 456 g/mol. The second kappa shape index (κ2) is 5.63. The van der Waals surface area contributed by atoms with Gasteiger partial charge in [0.15, 0.2) is 0 Å². The molecule has 0 atom stereocenters. The summed E-state index contributed by atoms with van der Waals surface area (Å²) in [4.78, 5) is 0. The summed E-state index contributed by atoms with van der Waals surface area (Å²) in [5.74, 6) is 0.630. The van der Waals surface area contributed by atoms with Gasteiger partial charge < -0.3 is 14.6 Å². The summed E-state index contributed by atoms with van der Waals surface area (Å²) in [6.45, 7) is 9.16. The third kappa shape index (κ3) is 1.98. The van der Waals surface area contributed by atoms with Crippen molar-refractivity contribution in [3.63, 3.8) is 0 Å². The second-order valence-corrected chi connectivity index (χ2v) is 11.4. The molecular formula is C32H25NO2. The van der Waals surface area contributed by atoms with Crippen LogP contribution in [0.5, 0.6) is 11.5 Å². The monoisotopic (exact) mass is 455 g/mol. The highest BCUT2D eigenvalue weighted by molar-refractivity contribution is 6.14. The quantitative estimate of drug-likeness (QED) is 0.246. The fraction of sp³-hybridized carbons (Fsp3) is 0.188. The van der Waals surface area contributed by atoms with Gasteiger partial charge in [-0.25, -0.2) is 0 Å². The number of aromatic nitrogens is 1. The fourth-order valence-corrected chi connectivity index (χ4v) is 7.32. The topological polar surface area (TPSA) is 44.9 Å². The first-order valence-electron chi connectivity index (χ1n) is 12.2. The number of phenolic OH excluding ortho intramolecular Hbond substituents is 2. The third-order valence-corrected chi connectivity index (χ3v) is 8.81. The minimum Gasteiger partial charge on any atom is -0.508 e. The van der Waals surface area contributed by atoms with Crippen molar-refractivity contribution < 1.29 is 10.2 Å². The van der Waals surface area contributed by atoms with Crippen LogP contribution in [-0.4, -0.2) is 14.6 Å². The minimum atomic E-state index is -0.213. The number of rotatable bonds is 0. The molecule has 3 nitrogen and oxygen atoms in total. The van der Waals surface area contributed by atoms with E-state index in [0.29, 0.717) is 5.75 Å². The highest BCUT2D eigenvalue weighted by Crippen LogP contribution is 2.61. The zero-order chi connectivity index (χ0) is 24.0. The summed E-state index contributed by atoms with van der Waals surface area (Å²) in [5.41, 5.74) is 10.7. The van der Waals surface area contributed by atoms with Crippen LogP contribution in [0, 0.1) is 0 Å². The van der Waals surface area contributed by atoms with Crippen LogP contribution in [0.2, 0.25) is 0 Å². The molecule has 0 fully saturated rings. The first-order chi connectivity index (χ1) is 16.7. The molecule has 0 radical (unpaired) electrons. The maximum atomic E-state index is 11.2. The van der Waals surface area contributed by atoms with E-state index >= 15 is 0 Å². The van der Waals surface area contributed by atoms with Crippen LogP contribution in [0.1, 0.15) is 49.9 Å². The number of hydrogen-bond donors (Lipinski definition) is 2. The Morgan fingerprint density at radius 3 is 2.23 bits per heavy atom. The fourth-order valence-electron chi connectivity index (χ4n) is 7.32. The lowest BCUT2D eigenvalue weighted by Crippen LogP contribution is -2.15. The van der Waals surface area contributed by atoms with Gasteiger partial charge in [0.25, 0.3) is 0 Å². The van der Waals surface area contributed by atoms with Crippen LogP contribution in [0.15, 0.2) is 66.7 Å². The number of phenols is 2. The molecule has 0 aliphatic heterocycles. The smallest absolute Gasteiger partial charge is 0.125 e. The van der Waals surface area contributed by atoms with Gasteiger partial charge in [0.05, 0.1) is 16.9 Å². The number of hydrogen-bond acceptors (Lipinski definition) is 2. The highest BCUT2D eigenvalue weighted by Gasteiger charge is 2.46. The van der Waals surface area contributed by atoms with Crippen molar-refractivity contribution in [1.82, 2.24) is 4.40 Å². The van der Waals surface area contributed by atoms with Crippen LogP contribution in [0.4, 0.5) is 0 Å². The number of benzene rings is 4. The summed E-state index contributed by atoms with van der Waals surface area (Å²) >= 11 is 0. The number of nitrogens with zero attached hydrogens (tertiary/aromatic N) is 1. The minimum absolute atomic E-state index is 0.194. The van der Waals surface area contributed by atoms with E-state index in [1.807, 2.05) is 18.2 Å². The van der Waals surface area contributed by atoms with E-state index in [1.165, 1.54) is 50.2 Å². The summed E-state index contributed by atoms with van der Waals surface area (Å²) in [6.07, 6.45) is 0. The summed E-state index contributed by atoms with van der Waals surface area (Å²) in [6, 6.07) is 22.8. The molecule has 35 heavy (non-hydrogen) atoms. The molecular weight excluding hydrogens is 430 g/mol. The lowest BCUT2D eigenvalue weighted by Gasteiger charge is -2.23. The van der Waals surface area contributed by atoms with Crippen LogP contribution < -0.4 is 0 Å². The van der Waals surface area contributed by atoms with Crippen LogP contribution >= 0.6 is 0 Å². The van der Waals surface area contributed by atoms with E-state index in [-0.39, 0.29) is 16.6 Å². The van der Waals surface area contributed by atoms with Gasteiger partial charge in [0, 0.05) is 32.7 Å². The molecule has 2 heterocycles. The highest BCUT2D eigenvalue weighted by atomic mass is 16.3. The molecule has 0 bridgehead atoms. The summed E-state index contributed by atoms with van der Waals surface area (Å²) in [7, 11) is 0. The van der Waals surface area contributed by atoms with Gasteiger partial charge >= 0.3 is 0 Å². The molecule has 4 aromatic carbocycles. The zero-order valence-corrected chi connectivity index (χ0v) is 20.2. The van der Waals surface area contributed by atoms with Gasteiger partial charge in [-0.15, -0.1) is 0 Å². The molecule has 3 heteroatoms. The van der Waals surface area contributed by atoms with Crippen LogP contribution in [-0.2, 0) is 10.8 Å². The molecule has 0 unspecified atom stereocenters. The molecule has 0 spiro atoms. The Morgan fingerprint density at radius 1 is 0.657 bits per heavy atom. The average Bonchev–Trinajstić information content (AvgIpc) is 3.48. The molecule has 2 aromatic heterocycles. The molecule has 0 amide bonds. The van der Waals surface area contributed by atoms with Gasteiger partial charge in [0.2, 0.25) is 0 Å². The number of fused-ring (bicyclic) bond motifs is 11. The van der Waals surface area contributed by atoms with Crippen molar-refractivity contribution in [2.24, 2.45) is 0 Å². The van der Waals surface area contributed by atoms with Crippen molar-refractivity contribution >= 4 is 27.1 Å². The Kier molecular flexibility index (Phi) is 3.11. The van der Waals surface area contributed by atoms with Crippen molar-refractivity contribution in [3.05, 3.63) is 89.0 Å². The molecule has 2 N–H and O–H groups in total. The first kappa shape index (κ1) is 19.3. The zero-order valence-electron chi connectivity index (χ0n) is 20.2. The van der Waals surface area contributed by atoms with Crippen molar-refractivity contribution in [2.75, 3.05) is 0 Å². The van der Waals surface area contributed by atoms with Crippen LogP contribution in [0.25, 0.3) is 49.6 Å². The van der Waals surface area contributed by atoms with Gasteiger partial charge in [-0.05, 0) is 69.4 Å². The van der Waals surface area contributed by atoms with Crippen molar-refractivity contribution in [3.8, 4) is 34.0 Å². The second-order valence-electron chi connectivity index (χ2n) is 11.4. The SMILES string of the molecule is CC1(C)c2cc3ccc(O)cc3cc2-c2c1c1ccc(O)c3c4c(n2c13)-c1ccccc1C4(C)C. The van der Waals surface area contributed by atoms with E-state index in [2.05, 4.69) is 74.6 Å². The lowest BCUT2D eigenvalue weighted by atomic mass is 9.79. The van der Waals surface area contributed by atoms with Gasteiger partial charge in [-0.2, -0.15) is 0 Å². The Labute approximate surface area is 203 Å². The Morgan fingerprint density at radius 2 is 1.40 bits per heavy atom. The molecule has 2 aliphatic carbocycles. The van der Waals surface area contributed by atoms with Gasteiger partial charge in [0.1, 0.15) is 11.5 Å². The van der Waals surface area contributed by atoms with Crippen molar-refractivity contribution in [1.29, 1.82) is 0 Å². The summed E-state index contributed by atoms with van der Waals surface area (Å²) < 4.78 is 2.44. The standard InChI is InChI=1S/C32H25NO2/c1-31(2)22-8-6-5-7-19(22)29-27(31)25-24(35)12-11-20-26-30(33(29)28(20)25)21-14-17-13-18(34)10-9-16(17)15-23(21)32(26,3)4/h5-15,34-35H,1-4H3. The molecule has 0 saturated heterocycles. The van der Waals surface area contributed by atoms with Gasteiger partial charge in [-0.3, -0.25) is 0 Å².